The van der Waals surface area contributed by atoms with E-state index < -0.39 is 0 Å². The molecular formula is C21H19N5O. The van der Waals surface area contributed by atoms with Crippen LogP contribution in [0.1, 0.15) is 11.4 Å². The summed E-state index contributed by atoms with van der Waals surface area (Å²) in [7, 11) is 0. The Morgan fingerprint density at radius 2 is 1.85 bits per heavy atom. The van der Waals surface area contributed by atoms with Crippen LogP contribution < -0.4 is 5.32 Å². The fourth-order valence-corrected chi connectivity index (χ4v) is 2.89. The lowest BCUT2D eigenvalue weighted by atomic mass is 10.1. The molecule has 0 saturated heterocycles. The van der Waals surface area contributed by atoms with Gasteiger partial charge in [-0.3, -0.25) is 9.89 Å². The normalized spacial score (nSPS) is 10.7. The van der Waals surface area contributed by atoms with E-state index in [9.17, 15) is 4.79 Å². The van der Waals surface area contributed by atoms with Crippen molar-refractivity contribution in [3.05, 3.63) is 84.4 Å². The van der Waals surface area contributed by atoms with Crippen molar-refractivity contribution in [3.8, 4) is 17.1 Å². The number of aromatic nitrogens is 4. The van der Waals surface area contributed by atoms with Crippen LogP contribution in [-0.4, -0.2) is 25.7 Å². The van der Waals surface area contributed by atoms with Crippen molar-refractivity contribution in [3.63, 3.8) is 0 Å². The van der Waals surface area contributed by atoms with Crippen LogP contribution in [0.15, 0.2) is 73.1 Å². The number of carbonyl (C=O) groups excluding carboxylic acids is 1. The third-order valence-corrected chi connectivity index (χ3v) is 4.21. The summed E-state index contributed by atoms with van der Waals surface area (Å²) in [6.45, 7) is 1.85. The lowest BCUT2D eigenvalue weighted by Crippen LogP contribution is -2.14. The highest BCUT2D eigenvalue weighted by Crippen LogP contribution is 2.19. The van der Waals surface area contributed by atoms with E-state index in [0.717, 1.165) is 28.3 Å². The van der Waals surface area contributed by atoms with E-state index in [2.05, 4.69) is 20.5 Å². The first kappa shape index (κ1) is 16.8. The first-order valence-electron chi connectivity index (χ1n) is 8.69. The number of amides is 1. The lowest BCUT2D eigenvalue weighted by Gasteiger charge is -2.08. The van der Waals surface area contributed by atoms with Crippen LogP contribution >= 0.6 is 0 Å². The van der Waals surface area contributed by atoms with Gasteiger partial charge in [0.1, 0.15) is 5.82 Å². The molecule has 2 aromatic heterocycles. The predicted octanol–water partition coefficient (Wildman–Crippen LogP) is 3.75. The van der Waals surface area contributed by atoms with Gasteiger partial charge in [0.05, 0.1) is 6.42 Å². The Balaban J connectivity index is 1.42. The van der Waals surface area contributed by atoms with Crippen molar-refractivity contribution in [1.82, 2.24) is 19.7 Å². The molecule has 0 unspecified atom stereocenters. The first-order chi connectivity index (χ1) is 13.2. The van der Waals surface area contributed by atoms with Gasteiger partial charge in [0.15, 0.2) is 5.82 Å². The Bertz CT molecular complexity index is 1050. The van der Waals surface area contributed by atoms with E-state index in [1.54, 1.807) is 0 Å². The molecule has 0 fully saturated rings. The van der Waals surface area contributed by atoms with Crippen LogP contribution in [0.5, 0.6) is 0 Å². The van der Waals surface area contributed by atoms with Crippen LogP contribution in [-0.2, 0) is 11.2 Å². The van der Waals surface area contributed by atoms with Gasteiger partial charge in [0.25, 0.3) is 0 Å². The van der Waals surface area contributed by atoms with Gasteiger partial charge in [-0.2, -0.15) is 5.10 Å². The quantitative estimate of drug-likeness (QED) is 0.571. The summed E-state index contributed by atoms with van der Waals surface area (Å²) in [4.78, 5) is 16.7. The van der Waals surface area contributed by atoms with Gasteiger partial charge in [-0.25, -0.2) is 4.98 Å². The third-order valence-electron chi connectivity index (χ3n) is 4.21. The fourth-order valence-electron chi connectivity index (χ4n) is 2.89. The highest BCUT2D eigenvalue weighted by atomic mass is 16.1. The number of hydrogen-bond acceptors (Lipinski definition) is 3. The summed E-state index contributed by atoms with van der Waals surface area (Å²) >= 11 is 0. The van der Waals surface area contributed by atoms with Gasteiger partial charge >= 0.3 is 0 Å². The minimum absolute atomic E-state index is 0.0629. The van der Waals surface area contributed by atoms with Crippen molar-refractivity contribution >= 4 is 11.6 Å². The van der Waals surface area contributed by atoms with Crippen molar-refractivity contribution in [1.29, 1.82) is 0 Å². The molecule has 6 nitrogen and oxygen atoms in total. The molecule has 0 aliphatic rings. The second-order valence-corrected chi connectivity index (χ2v) is 6.31. The summed E-state index contributed by atoms with van der Waals surface area (Å²) in [6.07, 6.45) is 4.30. The summed E-state index contributed by atoms with van der Waals surface area (Å²) in [5.74, 6) is 1.30. The maximum absolute atomic E-state index is 12.4. The predicted molar refractivity (Wildman–Crippen MR) is 105 cm³/mol. The lowest BCUT2D eigenvalue weighted by molar-refractivity contribution is -0.115. The largest absolute Gasteiger partial charge is 0.326 e. The number of H-pyrrole nitrogens is 1. The molecule has 27 heavy (non-hydrogen) atoms. The minimum Gasteiger partial charge on any atom is -0.326 e. The molecule has 0 aliphatic carbocycles. The topological polar surface area (TPSA) is 75.6 Å². The van der Waals surface area contributed by atoms with Gasteiger partial charge < -0.3 is 9.88 Å². The van der Waals surface area contributed by atoms with Gasteiger partial charge in [0, 0.05) is 29.3 Å². The zero-order valence-corrected chi connectivity index (χ0v) is 14.9. The van der Waals surface area contributed by atoms with E-state index in [1.807, 2.05) is 84.5 Å². The van der Waals surface area contributed by atoms with Gasteiger partial charge in [-0.15, -0.1) is 0 Å². The smallest absolute Gasteiger partial charge is 0.228 e. The number of benzene rings is 2. The Morgan fingerprint density at radius 3 is 2.56 bits per heavy atom. The highest BCUT2D eigenvalue weighted by molar-refractivity contribution is 5.92. The van der Waals surface area contributed by atoms with E-state index >= 15 is 0 Å². The number of nitrogens with zero attached hydrogens (tertiary/aromatic N) is 3. The average Bonchev–Trinajstić information content (AvgIpc) is 3.34. The Hall–Kier alpha value is -3.67. The van der Waals surface area contributed by atoms with Crippen molar-refractivity contribution in [2.24, 2.45) is 0 Å². The average molecular weight is 357 g/mol. The second-order valence-electron chi connectivity index (χ2n) is 6.31. The molecule has 0 atom stereocenters. The van der Waals surface area contributed by atoms with Crippen molar-refractivity contribution in [2.45, 2.75) is 13.3 Å². The molecule has 0 aliphatic heterocycles. The maximum atomic E-state index is 12.4. The van der Waals surface area contributed by atoms with Crippen LogP contribution in [0.25, 0.3) is 17.1 Å². The minimum atomic E-state index is -0.0629. The van der Waals surface area contributed by atoms with E-state index in [4.69, 9.17) is 0 Å². The summed E-state index contributed by atoms with van der Waals surface area (Å²) in [5, 5.41) is 9.92. The summed E-state index contributed by atoms with van der Waals surface area (Å²) in [5.41, 5.74) is 3.61. The van der Waals surface area contributed by atoms with Crippen LogP contribution in [0, 0.1) is 6.92 Å². The molecule has 0 radical (unpaired) electrons. The number of carbonyl (C=O) groups is 1. The SMILES string of the molecule is Cc1nc(-c2cccc(NC(=O)Cc3ccc(-n4cccc4)cc3)c2)n[nH]1. The van der Waals surface area contributed by atoms with Gasteiger partial charge in [-0.05, 0) is 48.9 Å². The van der Waals surface area contributed by atoms with Crippen molar-refractivity contribution in [2.75, 3.05) is 5.32 Å². The Kier molecular flexibility index (Phi) is 4.53. The standard InChI is InChI=1S/C21H19N5O/c1-15-22-21(25-24-15)17-5-4-6-18(14-17)23-20(27)13-16-7-9-19(10-8-16)26-11-2-3-12-26/h2-12,14H,13H2,1H3,(H,23,27)(H,22,24,25). The molecule has 0 saturated carbocycles. The molecule has 0 bridgehead atoms. The third kappa shape index (κ3) is 3.95. The van der Waals surface area contributed by atoms with Crippen LogP contribution in [0.3, 0.4) is 0 Å². The molecule has 6 heteroatoms. The molecule has 2 heterocycles. The monoisotopic (exact) mass is 357 g/mol. The summed E-state index contributed by atoms with van der Waals surface area (Å²) in [6, 6.07) is 19.4. The van der Waals surface area contributed by atoms with E-state index in [0.29, 0.717) is 12.2 Å². The summed E-state index contributed by atoms with van der Waals surface area (Å²) < 4.78 is 2.03. The van der Waals surface area contributed by atoms with Gasteiger partial charge in [-0.1, -0.05) is 24.3 Å². The Labute approximate surface area is 156 Å². The molecule has 4 aromatic rings. The zero-order valence-electron chi connectivity index (χ0n) is 14.9. The van der Waals surface area contributed by atoms with Crippen LogP contribution in [0.2, 0.25) is 0 Å². The van der Waals surface area contributed by atoms with Gasteiger partial charge in [0.2, 0.25) is 5.91 Å². The number of rotatable bonds is 5. The molecule has 4 rings (SSSR count). The zero-order chi connectivity index (χ0) is 18.6. The maximum Gasteiger partial charge on any atom is 0.228 e. The molecule has 2 aromatic carbocycles. The fraction of sp³-hybridized carbons (Fsp3) is 0.0952. The number of nitrogens with one attached hydrogen (secondary N) is 2. The number of aromatic amines is 1. The first-order valence-corrected chi connectivity index (χ1v) is 8.69. The van der Waals surface area contributed by atoms with Crippen molar-refractivity contribution < 1.29 is 4.79 Å². The van der Waals surface area contributed by atoms with E-state index in [1.165, 1.54) is 0 Å². The number of anilines is 1. The molecule has 1 amide bonds. The highest BCUT2D eigenvalue weighted by Gasteiger charge is 2.08. The Morgan fingerprint density at radius 1 is 1.07 bits per heavy atom. The number of hydrogen-bond donors (Lipinski definition) is 2. The molecule has 2 N–H and O–H groups in total. The molecule has 0 spiro atoms. The van der Waals surface area contributed by atoms with E-state index in [-0.39, 0.29) is 5.91 Å². The molecule has 134 valence electrons. The number of aryl methyl sites for hydroxylation is 1. The second kappa shape index (κ2) is 7.29. The molecular weight excluding hydrogens is 338 g/mol. The van der Waals surface area contributed by atoms with Crippen LogP contribution in [0.4, 0.5) is 5.69 Å².